The third-order valence-corrected chi connectivity index (χ3v) is 6.84. The molecule has 0 unspecified atom stereocenters. The lowest BCUT2D eigenvalue weighted by Gasteiger charge is -2.38. The van der Waals surface area contributed by atoms with Gasteiger partial charge in [0.2, 0.25) is 5.91 Å². The molecule has 2 aromatic rings. The van der Waals surface area contributed by atoms with Gasteiger partial charge in [0.1, 0.15) is 5.75 Å². The van der Waals surface area contributed by atoms with Gasteiger partial charge in [0.15, 0.2) is 0 Å². The second-order valence-corrected chi connectivity index (χ2v) is 10.3. The predicted molar refractivity (Wildman–Crippen MR) is 138 cm³/mol. The lowest BCUT2D eigenvalue weighted by Crippen LogP contribution is -2.44. The molecule has 6 nitrogen and oxygen atoms in total. The molecule has 1 fully saturated rings. The first-order chi connectivity index (χ1) is 16.5. The van der Waals surface area contributed by atoms with Crippen molar-refractivity contribution in [3.05, 3.63) is 47.8 Å². The Balaban J connectivity index is 1.53. The molecule has 1 aliphatic rings. The van der Waals surface area contributed by atoms with Crippen LogP contribution in [0, 0.1) is 5.92 Å². The average Bonchev–Trinajstić information content (AvgIpc) is 3.29. The highest BCUT2D eigenvalue weighted by atomic mass is 16.5. The van der Waals surface area contributed by atoms with Crippen molar-refractivity contribution in [3.8, 4) is 5.75 Å². The van der Waals surface area contributed by atoms with E-state index >= 15 is 0 Å². The Hall–Kier alpha value is -2.34. The molecule has 3 rings (SSSR count). The van der Waals surface area contributed by atoms with E-state index in [0.717, 1.165) is 51.1 Å². The largest absolute Gasteiger partial charge is 0.493 e. The maximum Gasteiger partial charge on any atom is 0.226 e. The first kappa shape index (κ1) is 26.3. The van der Waals surface area contributed by atoms with Crippen LogP contribution in [0.5, 0.6) is 5.75 Å². The number of rotatable bonds is 13. The third kappa shape index (κ3) is 7.86. The molecule has 1 aliphatic carbocycles. The molecule has 34 heavy (non-hydrogen) atoms. The Morgan fingerprint density at radius 1 is 1.18 bits per heavy atom. The standard InChI is InChI=1S/C28H44N4O2/c1-5-6-17-31(4)21-24-19-29-30-28(24)23-12-14-25(15-13-23)32(20-22(2)3)27(33)16-18-34-26-10-8-7-9-11-26/h7-11,19,22-23,25H,5-6,12-18,20-21H2,1-4H3,(H,29,30). The second-order valence-electron chi connectivity index (χ2n) is 10.3. The molecule has 6 heteroatoms. The van der Waals surface area contributed by atoms with Crippen molar-refractivity contribution in [3.63, 3.8) is 0 Å². The maximum absolute atomic E-state index is 13.2. The summed E-state index contributed by atoms with van der Waals surface area (Å²) in [7, 11) is 2.19. The molecule has 0 saturated heterocycles. The number of nitrogens with zero attached hydrogens (tertiary/aromatic N) is 3. The van der Waals surface area contributed by atoms with Crippen LogP contribution in [0.3, 0.4) is 0 Å². The molecule has 0 radical (unpaired) electrons. The van der Waals surface area contributed by atoms with Crippen LogP contribution in [-0.2, 0) is 11.3 Å². The molecule has 0 bridgehead atoms. The lowest BCUT2D eigenvalue weighted by atomic mass is 9.82. The number of amides is 1. The van der Waals surface area contributed by atoms with Gasteiger partial charge in [-0.2, -0.15) is 5.10 Å². The number of H-pyrrole nitrogens is 1. The number of nitrogens with one attached hydrogen (secondary N) is 1. The highest BCUT2D eigenvalue weighted by Crippen LogP contribution is 2.36. The minimum Gasteiger partial charge on any atom is -0.493 e. The van der Waals surface area contributed by atoms with Crippen LogP contribution in [0.1, 0.15) is 82.9 Å². The number of aromatic nitrogens is 2. The summed E-state index contributed by atoms with van der Waals surface area (Å²) in [5.74, 6) is 2.00. The second kappa shape index (κ2) is 13.5. The summed E-state index contributed by atoms with van der Waals surface area (Å²) in [6, 6.07) is 10.1. The van der Waals surface area contributed by atoms with Gasteiger partial charge >= 0.3 is 0 Å². The van der Waals surface area contributed by atoms with Crippen LogP contribution in [0.4, 0.5) is 0 Å². The number of ether oxygens (including phenoxy) is 1. The zero-order valence-electron chi connectivity index (χ0n) is 21.6. The summed E-state index contributed by atoms with van der Waals surface area (Å²) in [5.41, 5.74) is 2.63. The van der Waals surface area contributed by atoms with Crippen molar-refractivity contribution in [2.45, 2.75) is 84.2 Å². The van der Waals surface area contributed by atoms with Crippen LogP contribution in [0.15, 0.2) is 36.5 Å². The van der Waals surface area contributed by atoms with Crippen LogP contribution >= 0.6 is 0 Å². The number of carbonyl (C=O) groups is 1. The zero-order valence-corrected chi connectivity index (χ0v) is 21.6. The van der Waals surface area contributed by atoms with Crippen molar-refractivity contribution in [1.82, 2.24) is 20.0 Å². The van der Waals surface area contributed by atoms with E-state index in [1.165, 1.54) is 24.1 Å². The van der Waals surface area contributed by atoms with E-state index in [4.69, 9.17) is 4.74 Å². The Kier molecular flexibility index (Phi) is 10.4. The summed E-state index contributed by atoms with van der Waals surface area (Å²) in [6.07, 6.45) is 9.17. The van der Waals surface area contributed by atoms with Gasteiger partial charge in [-0.1, -0.05) is 45.4 Å². The first-order valence-electron chi connectivity index (χ1n) is 13.2. The Bertz CT molecular complexity index is 843. The third-order valence-electron chi connectivity index (χ3n) is 6.84. The quantitative estimate of drug-likeness (QED) is 0.414. The Morgan fingerprint density at radius 3 is 2.59 bits per heavy atom. The van der Waals surface area contributed by atoms with Gasteiger partial charge in [-0.05, 0) is 63.7 Å². The molecule has 1 N–H and O–H groups in total. The topological polar surface area (TPSA) is 61.5 Å². The number of aromatic amines is 1. The molecule has 1 aromatic carbocycles. The summed E-state index contributed by atoms with van der Waals surface area (Å²) in [4.78, 5) is 17.7. The highest BCUT2D eigenvalue weighted by molar-refractivity contribution is 5.76. The van der Waals surface area contributed by atoms with E-state index in [2.05, 4.69) is 47.8 Å². The van der Waals surface area contributed by atoms with Crippen molar-refractivity contribution in [2.24, 2.45) is 5.92 Å². The van der Waals surface area contributed by atoms with Crippen LogP contribution < -0.4 is 4.74 Å². The Morgan fingerprint density at radius 2 is 1.91 bits per heavy atom. The fraction of sp³-hybridized carbons (Fsp3) is 0.643. The van der Waals surface area contributed by atoms with Gasteiger partial charge in [0, 0.05) is 36.3 Å². The van der Waals surface area contributed by atoms with E-state index in [0.29, 0.717) is 30.9 Å². The molecule has 1 saturated carbocycles. The fourth-order valence-electron chi connectivity index (χ4n) is 5.04. The molecule has 1 amide bonds. The zero-order chi connectivity index (χ0) is 24.3. The van der Waals surface area contributed by atoms with E-state index in [1.54, 1.807) is 0 Å². The van der Waals surface area contributed by atoms with Gasteiger partial charge in [-0.25, -0.2) is 0 Å². The van der Waals surface area contributed by atoms with Crippen LogP contribution in [0.2, 0.25) is 0 Å². The van der Waals surface area contributed by atoms with Gasteiger partial charge in [-0.15, -0.1) is 0 Å². The van der Waals surface area contributed by atoms with E-state index < -0.39 is 0 Å². The summed E-state index contributed by atoms with van der Waals surface area (Å²) in [6.45, 7) is 9.93. The molecular formula is C28H44N4O2. The number of carbonyl (C=O) groups excluding carboxylic acids is 1. The molecule has 1 aromatic heterocycles. The molecule has 0 aliphatic heterocycles. The smallest absolute Gasteiger partial charge is 0.226 e. The minimum absolute atomic E-state index is 0.216. The number of hydrogen-bond donors (Lipinski definition) is 1. The van der Waals surface area contributed by atoms with Crippen LogP contribution in [-0.4, -0.2) is 58.7 Å². The lowest BCUT2D eigenvalue weighted by molar-refractivity contribution is -0.135. The molecular weight excluding hydrogens is 424 g/mol. The highest BCUT2D eigenvalue weighted by Gasteiger charge is 2.31. The SMILES string of the molecule is CCCCN(C)Cc1cn[nH]c1C1CCC(N(CC(C)C)C(=O)CCOc2ccccc2)CC1. The van der Waals surface area contributed by atoms with E-state index in [1.807, 2.05) is 36.5 Å². The summed E-state index contributed by atoms with van der Waals surface area (Å²) in [5, 5.41) is 7.69. The van der Waals surface area contributed by atoms with Crippen LogP contribution in [0.25, 0.3) is 0 Å². The number of benzene rings is 1. The molecule has 188 valence electrons. The minimum atomic E-state index is 0.216. The van der Waals surface area contributed by atoms with E-state index in [-0.39, 0.29) is 5.91 Å². The van der Waals surface area contributed by atoms with Gasteiger partial charge in [0.05, 0.1) is 19.2 Å². The number of para-hydroxylation sites is 1. The molecule has 1 heterocycles. The summed E-state index contributed by atoms with van der Waals surface area (Å²) >= 11 is 0. The predicted octanol–water partition coefficient (Wildman–Crippen LogP) is 5.62. The molecule has 0 spiro atoms. The number of hydrogen-bond acceptors (Lipinski definition) is 4. The van der Waals surface area contributed by atoms with Crippen molar-refractivity contribution < 1.29 is 9.53 Å². The molecule has 0 atom stereocenters. The summed E-state index contributed by atoms with van der Waals surface area (Å²) < 4.78 is 5.79. The Labute approximate surface area is 206 Å². The average molecular weight is 469 g/mol. The van der Waals surface area contributed by atoms with Gasteiger partial charge in [0.25, 0.3) is 0 Å². The normalized spacial score (nSPS) is 18.4. The van der Waals surface area contributed by atoms with Gasteiger partial charge in [-0.3, -0.25) is 9.89 Å². The maximum atomic E-state index is 13.2. The van der Waals surface area contributed by atoms with Crippen molar-refractivity contribution >= 4 is 5.91 Å². The van der Waals surface area contributed by atoms with Crippen molar-refractivity contribution in [2.75, 3.05) is 26.7 Å². The fourth-order valence-corrected chi connectivity index (χ4v) is 5.04. The van der Waals surface area contributed by atoms with Crippen molar-refractivity contribution in [1.29, 1.82) is 0 Å². The van der Waals surface area contributed by atoms with Gasteiger partial charge < -0.3 is 14.5 Å². The monoisotopic (exact) mass is 468 g/mol. The van der Waals surface area contributed by atoms with E-state index in [9.17, 15) is 4.79 Å². The first-order valence-corrected chi connectivity index (χ1v) is 13.2. The number of unbranched alkanes of at least 4 members (excludes halogenated alkanes) is 1.